The maximum absolute atomic E-state index is 14.0. The summed E-state index contributed by atoms with van der Waals surface area (Å²) in [5, 5.41) is 0. The molecule has 4 nitrogen and oxygen atoms in total. The van der Waals surface area contributed by atoms with Crippen LogP contribution in [-0.4, -0.2) is 34.9 Å². The zero-order chi connectivity index (χ0) is 18.5. The number of benzene rings is 1. The molecule has 1 unspecified atom stereocenters. The molecule has 0 spiro atoms. The molecule has 0 aliphatic rings. The summed E-state index contributed by atoms with van der Waals surface area (Å²) in [6, 6.07) is 6.55. The topological polar surface area (TPSA) is 52.6 Å². The van der Waals surface area contributed by atoms with Crippen LogP contribution >= 0.6 is 15.9 Å². The molecule has 0 fully saturated rings. The SMILES string of the molecule is CCOC(=O)C(F)(F)CC(OC(=O)c1ccc(C)cc1)C(C)(C)Br. The van der Waals surface area contributed by atoms with Crippen LogP contribution in [0.3, 0.4) is 0 Å². The van der Waals surface area contributed by atoms with Crippen molar-refractivity contribution in [2.24, 2.45) is 0 Å². The van der Waals surface area contributed by atoms with Gasteiger partial charge < -0.3 is 9.47 Å². The molecule has 0 aliphatic heterocycles. The van der Waals surface area contributed by atoms with Crippen LogP contribution in [0.25, 0.3) is 0 Å². The summed E-state index contributed by atoms with van der Waals surface area (Å²) >= 11 is 3.24. The van der Waals surface area contributed by atoms with Crippen molar-refractivity contribution in [1.82, 2.24) is 0 Å². The van der Waals surface area contributed by atoms with Crippen LogP contribution in [0, 0.1) is 6.92 Å². The first kappa shape index (κ1) is 20.5. The molecule has 1 atom stereocenters. The van der Waals surface area contributed by atoms with Crippen molar-refractivity contribution in [3.05, 3.63) is 35.4 Å². The number of hydrogen-bond acceptors (Lipinski definition) is 4. The van der Waals surface area contributed by atoms with Gasteiger partial charge in [0.1, 0.15) is 6.10 Å². The summed E-state index contributed by atoms with van der Waals surface area (Å²) in [5.41, 5.74) is 1.21. The van der Waals surface area contributed by atoms with Gasteiger partial charge in [-0.25, -0.2) is 9.59 Å². The lowest BCUT2D eigenvalue weighted by molar-refractivity contribution is -0.176. The van der Waals surface area contributed by atoms with Gasteiger partial charge in [0.05, 0.1) is 22.9 Å². The van der Waals surface area contributed by atoms with Crippen molar-refractivity contribution in [2.45, 2.75) is 50.5 Å². The third-order valence-electron chi connectivity index (χ3n) is 3.32. The number of carbonyl (C=O) groups excluding carboxylic acids is 2. The number of halogens is 3. The van der Waals surface area contributed by atoms with E-state index in [-0.39, 0.29) is 12.2 Å². The molecule has 24 heavy (non-hydrogen) atoms. The fourth-order valence-electron chi connectivity index (χ4n) is 1.86. The Morgan fingerprint density at radius 2 is 1.75 bits per heavy atom. The normalized spacial score (nSPS) is 13.3. The van der Waals surface area contributed by atoms with Crippen molar-refractivity contribution in [3.8, 4) is 0 Å². The number of esters is 2. The summed E-state index contributed by atoms with van der Waals surface area (Å²) in [6.45, 7) is 6.32. The Hall–Kier alpha value is -1.50. The number of hydrogen-bond donors (Lipinski definition) is 0. The zero-order valence-electron chi connectivity index (χ0n) is 14.1. The van der Waals surface area contributed by atoms with Crippen LogP contribution in [0.5, 0.6) is 0 Å². The fourth-order valence-corrected chi connectivity index (χ4v) is 2.12. The Bertz CT molecular complexity index is 579. The number of alkyl halides is 3. The van der Waals surface area contributed by atoms with E-state index in [0.29, 0.717) is 0 Å². The van der Waals surface area contributed by atoms with Gasteiger partial charge in [0.25, 0.3) is 0 Å². The Morgan fingerprint density at radius 3 is 2.21 bits per heavy atom. The standard InChI is InChI=1S/C17H21BrF2O4/c1-5-23-15(22)17(19,20)10-13(16(3,4)18)24-14(21)12-8-6-11(2)7-9-12/h6-9,13H,5,10H2,1-4H3. The smallest absolute Gasteiger partial charge is 0.377 e. The summed E-state index contributed by atoms with van der Waals surface area (Å²) in [7, 11) is 0. The number of ether oxygens (including phenoxy) is 2. The van der Waals surface area contributed by atoms with Gasteiger partial charge in [-0.2, -0.15) is 8.78 Å². The molecule has 0 amide bonds. The van der Waals surface area contributed by atoms with E-state index in [2.05, 4.69) is 20.7 Å². The highest BCUT2D eigenvalue weighted by atomic mass is 79.9. The first-order chi connectivity index (χ1) is 11.0. The van der Waals surface area contributed by atoms with Gasteiger partial charge in [0.15, 0.2) is 0 Å². The predicted molar refractivity (Wildman–Crippen MR) is 89.6 cm³/mol. The van der Waals surface area contributed by atoms with Gasteiger partial charge in [-0.3, -0.25) is 0 Å². The van der Waals surface area contributed by atoms with Crippen molar-refractivity contribution >= 4 is 27.9 Å². The Morgan fingerprint density at radius 1 is 1.21 bits per heavy atom. The van der Waals surface area contributed by atoms with Crippen LogP contribution in [0.4, 0.5) is 8.78 Å². The largest absolute Gasteiger partial charge is 0.462 e. The lowest BCUT2D eigenvalue weighted by Gasteiger charge is -2.30. The number of rotatable bonds is 7. The third kappa shape index (κ3) is 5.85. The second kappa shape index (κ2) is 8.05. The van der Waals surface area contributed by atoms with Gasteiger partial charge in [0, 0.05) is 0 Å². The molecule has 1 rings (SSSR count). The minimum Gasteiger partial charge on any atom is -0.462 e. The summed E-state index contributed by atoms with van der Waals surface area (Å²) < 4.78 is 36.7. The highest BCUT2D eigenvalue weighted by Gasteiger charge is 2.47. The van der Waals surface area contributed by atoms with Crippen LogP contribution in [0.1, 0.15) is 43.1 Å². The minimum atomic E-state index is -3.75. The molecule has 0 radical (unpaired) electrons. The number of carbonyl (C=O) groups is 2. The summed E-state index contributed by atoms with van der Waals surface area (Å²) in [4.78, 5) is 23.6. The molecule has 0 saturated heterocycles. The average molecular weight is 407 g/mol. The van der Waals surface area contributed by atoms with Crippen LogP contribution < -0.4 is 0 Å². The Labute approximate surface area is 148 Å². The molecule has 1 aromatic carbocycles. The first-order valence-corrected chi connectivity index (χ1v) is 8.28. The van der Waals surface area contributed by atoms with Crippen molar-refractivity contribution in [3.63, 3.8) is 0 Å². The molecule has 134 valence electrons. The molecular formula is C17H21BrF2O4. The van der Waals surface area contributed by atoms with Gasteiger partial charge in [0.2, 0.25) is 0 Å². The van der Waals surface area contributed by atoms with Crippen molar-refractivity contribution in [2.75, 3.05) is 6.61 Å². The van der Waals surface area contributed by atoms with E-state index in [4.69, 9.17) is 4.74 Å². The number of aryl methyl sites for hydroxylation is 1. The van der Waals surface area contributed by atoms with Crippen molar-refractivity contribution < 1.29 is 27.8 Å². The van der Waals surface area contributed by atoms with E-state index < -0.39 is 34.7 Å². The fraction of sp³-hybridized carbons (Fsp3) is 0.529. The van der Waals surface area contributed by atoms with E-state index in [9.17, 15) is 18.4 Å². The first-order valence-electron chi connectivity index (χ1n) is 7.49. The van der Waals surface area contributed by atoms with E-state index in [1.54, 1.807) is 38.1 Å². The van der Waals surface area contributed by atoms with E-state index in [1.165, 1.54) is 6.92 Å². The maximum Gasteiger partial charge on any atom is 0.377 e. The minimum absolute atomic E-state index is 0.153. The molecule has 0 aromatic heterocycles. The molecule has 0 bridgehead atoms. The monoisotopic (exact) mass is 406 g/mol. The molecule has 0 aliphatic carbocycles. The highest BCUT2D eigenvalue weighted by Crippen LogP contribution is 2.33. The van der Waals surface area contributed by atoms with Gasteiger partial charge >= 0.3 is 17.9 Å². The maximum atomic E-state index is 14.0. The quantitative estimate of drug-likeness (QED) is 0.500. The van der Waals surface area contributed by atoms with Gasteiger partial charge in [-0.15, -0.1) is 0 Å². The zero-order valence-corrected chi connectivity index (χ0v) is 15.7. The Kier molecular flexibility index (Phi) is 6.89. The molecule has 0 heterocycles. The summed E-state index contributed by atoms with van der Waals surface area (Å²) in [6.07, 6.45) is -2.20. The van der Waals surface area contributed by atoms with Crippen LogP contribution in [0.2, 0.25) is 0 Å². The molecule has 0 saturated carbocycles. The van der Waals surface area contributed by atoms with Gasteiger partial charge in [-0.1, -0.05) is 33.6 Å². The highest BCUT2D eigenvalue weighted by molar-refractivity contribution is 9.10. The lowest BCUT2D eigenvalue weighted by Crippen LogP contribution is -2.43. The Balaban J connectivity index is 2.92. The van der Waals surface area contributed by atoms with E-state index >= 15 is 0 Å². The lowest BCUT2D eigenvalue weighted by atomic mass is 9.99. The summed E-state index contributed by atoms with van der Waals surface area (Å²) in [5.74, 6) is -6.11. The average Bonchev–Trinajstić information content (AvgIpc) is 2.46. The second-order valence-corrected chi connectivity index (χ2v) is 8.00. The predicted octanol–water partition coefficient (Wildman–Crippen LogP) is 4.28. The molecule has 7 heteroatoms. The molecule has 1 aromatic rings. The van der Waals surface area contributed by atoms with Gasteiger partial charge in [-0.05, 0) is 39.8 Å². The second-order valence-electron chi connectivity index (χ2n) is 5.95. The van der Waals surface area contributed by atoms with Crippen LogP contribution in [-0.2, 0) is 14.3 Å². The van der Waals surface area contributed by atoms with Crippen LogP contribution in [0.15, 0.2) is 24.3 Å². The third-order valence-corrected chi connectivity index (χ3v) is 3.83. The van der Waals surface area contributed by atoms with Crippen molar-refractivity contribution in [1.29, 1.82) is 0 Å². The molecular weight excluding hydrogens is 386 g/mol. The molecule has 0 N–H and O–H groups in total. The van der Waals surface area contributed by atoms with E-state index in [1.807, 2.05) is 6.92 Å². The van der Waals surface area contributed by atoms with E-state index in [0.717, 1.165) is 5.56 Å².